The number of aromatic nitrogens is 6. The van der Waals surface area contributed by atoms with E-state index in [0.29, 0.717) is 23.6 Å². The molecule has 26 heavy (non-hydrogen) atoms. The number of hydrogen-bond donors (Lipinski definition) is 0. The number of hydrogen-bond acceptors (Lipinski definition) is 4. The summed E-state index contributed by atoms with van der Waals surface area (Å²) in [5, 5.41) is 9.66. The number of rotatable bonds is 3. The largest absolute Gasteiger partial charge is 0.243 e. The van der Waals surface area contributed by atoms with Crippen LogP contribution < -0.4 is 0 Å². The van der Waals surface area contributed by atoms with Gasteiger partial charge in [0.1, 0.15) is 12.1 Å². The van der Waals surface area contributed by atoms with Crippen molar-refractivity contribution in [3.05, 3.63) is 78.5 Å². The Morgan fingerprint density at radius 3 is 2.69 bits per heavy atom. The summed E-state index contributed by atoms with van der Waals surface area (Å²) in [6.07, 6.45) is 3.35. The fourth-order valence-corrected chi connectivity index (χ4v) is 2.99. The lowest BCUT2D eigenvalue weighted by Gasteiger charge is -2.02. The van der Waals surface area contributed by atoms with E-state index < -0.39 is 0 Å². The van der Waals surface area contributed by atoms with E-state index in [4.69, 9.17) is 0 Å². The molecule has 0 aliphatic rings. The van der Waals surface area contributed by atoms with Gasteiger partial charge in [0.15, 0.2) is 17.1 Å². The maximum atomic E-state index is 13.5. The Bertz CT molecular complexity index is 1220. The molecule has 7 heteroatoms. The summed E-state index contributed by atoms with van der Waals surface area (Å²) in [6.45, 7) is 0.623. The molecule has 3 heterocycles. The van der Waals surface area contributed by atoms with Crippen LogP contribution in [-0.4, -0.2) is 29.4 Å². The summed E-state index contributed by atoms with van der Waals surface area (Å²) in [7, 11) is 0. The highest BCUT2D eigenvalue weighted by Crippen LogP contribution is 2.21. The molecule has 5 rings (SSSR count). The maximum absolute atomic E-state index is 13.5. The molecular formula is C19H13FN6. The molecule has 0 N–H and O–H groups in total. The molecule has 0 amide bonds. The summed E-state index contributed by atoms with van der Waals surface area (Å²) in [5.41, 5.74) is 3.15. The van der Waals surface area contributed by atoms with Crippen LogP contribution in [-0.2, 0) is 6.54 Å². The van der Waals surface area contributed by atoms with Crippen LogP contribution >= 0.6 is 0 Å². The molecule has 0 fully saturated rings. The van der Waals surface area contributed by atoms with Crippen molar-refractivity contribution in [2.24, 2.45) is 0 Å². The van der Waals surface area contributed by atoms with Gasteiger partial charge in [-0.05, 0) is 17.7 Å². The van der Waals surface area contributed by atoms with E-state index in [0.717, 1.165) is 16.6 Å². The standard InChI is InChI=1S/C19H13FN6/c20-15-8-4-7-14(9-15)17-23-19-16-10-22-25(11-13-5-2-1-3-6-13)18(16)21-12-26(19)24-17/h1-10,12H,11H2. The first kappa shape index (κ1) is 14.7. The van der Waals surface area contributed by atoms with Gasteiger partial charge in [0, 0.05) is 5.56 Å². The third kappa shape index (κ3) is 2.41. The number of nitrogens with zero attached hydrogens (tertiary/aromatic N) is 6. The van der Waals surface area contributed by atoms with E-state index in [1.54, 1.807) is 29.2 Å². The SMILES string of the molecule is Fc1cccc(-c2nc3c4cnn(Cc5ccccc5)c4ncn3n2)c1. The normalized spacial score (nSPS) is 11.4. The van der Waals surface area contributed by atoms with Crippen LogP contribution in [0.15, 0.2) is 67.1 Å². The van der Waals surface area contributed by atoms with Gasteiger partial charge < -0.3 is 0 Å². The summed E-state index contributed by atoms with van der Waals surface area (Å²) < 4.78 is 16.9. The van der Waals surface area contributed by atoms with Crippen molar-refractivity contribution in [2.45, 2.75) is 6.54 Å². The molecule has 0 saturated heterocycles. The third-order valence-corrected chi connectivity index (χ3v) is 4.23. The molecule has 0 bridgehead atoms. The maximum Gasteiger partial charge on any atom is 0.182 e. The van der Waals surface area contributed by atoms with Gasteiger partial charge >= 0.3 is 0 Å². The van der Waals surface area contributed by atoms with E-state index >= 15 is 0 Å². The van der Waals surface area contributed by atoms with E-state index in [2.05, 4.69) is 20.2 Å². The minimum atomic E-state index is -0.319. The van der Waals surface area contributed by atoms with Crippen molar-refractivity contribution in [3.8, 4) is 11.4 Å². The van der Waals surface area contributed by atoms with Crippen LogP contribution in [0.3, 0.4) is 0 Å². The summed E-state index contributed by atoms with van der Waals surface area (Å²) in [4.78, 5) is 9.04. The molecule has 0 unspecified atom stereocenters. The molecule has 3 aromatic heterocycles. The molecule has 0 radical (unpaired) electrons. The monoisotopic (exact) mass is 344 g/mol. The van der Waals surface area contributed by atoms with Crippen molar-refractivity contribution in [2.75, 3.05) is 0 Å². The first-order chi connectivity index (χ1) is 12.8. The number of halogens is 1. The van der Waals surface area contributed by atoms with E-state index in [-0.39, 0.29) is 5.82 Å². The van der Waals surface area contributed by atoms with Crippen LogP contribution in [0.1, 0.15) is 5.56 Å². The molecule has 126 valence electrons. The second-order valence-electron chi connectivity index (χ2n) is 5.98. The fraction of sp³-hybridized carbons (Fsp3) is 0.0526. The molecule has 0 saturated carbocycles. The average Bonchev–Trinajstić information content (AvgIpc) is 3.26. The Labute approximate surface area is 147 Å². The second kappa shape index (κ2) is 5.73. The quantitative estimate of drug-likeness (QED) is 0.504. The Morgan fingerprint density at radius 1 is 0.962 bits per heavy atom. The Kier molecular flexibility index (Phi) is 3.24. The molecule has 0 aliphatic carbocycles. The number of benzene rings is 2. The Balaban J connectivity index is 1.62. The highest BCUT2D eigenvalue weighted by molar-refractivity contribution is 5.89. The van der Waals surface area contributed by atoms with Gasteiger partial charge in [-0.25, -0.2) is 23.6 Å². The minimum absolute atomic E-state index is 0.319. The third-order valence-electron chi connectivity index (χ3n) is 4.23. The topological polar surface area (TPSA) is 60.9 Å². The van der Waals surface area contributed by atoms with Crippen molar-refractivity contribution in [1.82, 2.24) is 29.4 Å². The van der Waals surface area contributed by atoms with Crippen molar-refractivity contribution < 1.29 is 4.39 Å². The molecule has 0 aliphatic heterocycles. The van der Waals surface area contributed by atoms with Gasteiger partial charge in [0.05, 0.1) is 18.1 Å². The molecule has 6 nitrogen and oxygen atoms in total. The first-order valence-corrected chi connectivity index (χ1v) is 8.15. The van der Waals surface area contributed by atoms with Crippen LogP contribution in [0, 0.1) is 5.82 Å². The van der Waals surface area contributed by atoms with Crippen molar-refractivity contribution in [1.29, 1.82) is 0 Å². The van der Waals surface area contributed by atoms with Crippen LogP contribution in [0.5, 0.6) is 0 Å². The second-order valence-corrected chi connectivity index (χ2v) is 5.98. The highest BCUT2D eigenvalue weighted by Gasteiger charge is 2.14. The minimum Gasteiger partial charge on any atom is -0.243 e. The van der Waals surface area contributed by atoms with Gasteiger partial charge in [-0.15, -0.1) is 5.10 Å². The van der Waals surface area contributed by atoms with E-state index in [1.807, 2.05) is 35.0 Å². The van der Waals surface area contributed by atoms with Gasteiger partial charge in [-0.2, -0.15) is 5.10 Å². The molecule has 0 atom stereocenters. The Morgan fingerprint density at radius 2 is 1.85 bits per heavy atom. The zero-order chi connectivity index (χ0) is 17.5. The lowest BCUT2D eigenvalue weighted by atomic mass is 10.2. The molecule has 2 aromatic carbocycles. The predicted octanol–water partition coefficient (Wildman–Crippen LogP) is 3.33. The van der Waals surface area contributed by atoms with Crippen molar-refractivity contribution in [3.63, 3.8) is 0 Å². The molecule has 0 spiro atoms. The number of fused-ring (bicyclic) bond motifs is 3. The van der Waals surface area contributed by atoms with Crippen LogP contribution in [0.25, 0.3) is 28.1 Å². The highest BCUT2D eigenvalue weighted by atomic mass is 19.1. The molecular weight excluding hydrogens is 331 g/mol. The lowest BCUT2D eigenvalue weighted by Crippen LogP contribution is -2.03. The molecule has 5 aromatic rings. The average molecular weight is 344 g/mol. The van der Waals surface area contributed by atoms with E-state index in [1.165, 1.54) is 12.1 Å². The summed E-state index contributed by atoms with van der Waals surface area (Å²) in [6, 6.07) is 16.3. The fourth-order valence-electron chi connectivity index (χ4n) is 2.99. The summed E-state index contributed by atoms with van der Waals surface area (Å²) >= 11 is 0. The lowest BCUT2D eigenvalue weighted by molar-refractivity contribution is 0.628. The van der Waals surface area contributed by atoms with Gasteiger partial charge in [0.25, 0.3) is 0 Å². The van der Waals surface area contributed by atoms with Crippen LogP contribution in [0.2, 0.25) is 0 Å². The van der Waals surface area contributed by atoms with Gasteiger partial charge in [-0.3, -0.25) is 0 Å². The van der Waals surface area contributed by atoms with Gasteiger partial charge in [0.2, 0.25) is 0 Å². The first-order valence-electron chi connectivity index (χ1n) is 8.15. The summed E-state index contributed by atoms with van der Waals surface area (Å²) in [5.74, 6) is 0.134. The zero-order valence-electron chi connectivity index (χ0n) is 13.6. The van der Waals surface area contributed by atoms with Gasteiger partial charge in [-0.1, -0.05) is 42.5 Å². The predicted molar refractivity (Wildman–Crippen MR) is 95.0 cm³/mol. The Hall–Kier alpha value is -3.61. The zero-order valence-corrected chi connectivity index (χ0v) is 13.6. The van der Waals surface area contributed by atoms with E-state index in [9.17, 15) is 4.39 Å². The smallest absolute Gasteiger partial charge is 0.182 e. The van der Waals surface area contributed by atoms with Crippen molar-refractivity contribution >= 4 is 16.7 Å². The van der Waals surface area contributed by atoms with Crippen LogP contribution in [0.4, 0.5) is 4.39 Å².